The van der Waals surface area contributed by atoms with Gasteiger partial charge >= 0.3 is 0 Å². The molecule has 156 valence electrons. The number of thioether (sulfide) groups is 1. The predicted molar refractivity (Wildman–Crippen MR) is 124 cm³/mol. The smallest absolute Gasteiger partial charge is 0.283 e. The van der Waals surface area contributed by atoms with E-state index in [1.54, 1.807) is 0 Å². The highest BCUT2D eigenvalue weighted by Crippen LogP contribution is 2.32. The summed E-state index contributed by atoms with van der Waals surface area (Å²) in [7, 11) is 0. The van der Waals surface area contributed by atoms with E-state index < -0.39 is 0 Å². The Morgan fingerprint density at radius 2 is 1.90 bits per heavy atom. The summed E-state index contributed by atoms with van der Waals surface area (Å²) in [6.45, 7) is 3.84. The molecule has 0 aromatic heterocycles. The number of nitrogens with zero attached hydrogens (tertiary/aromatic N) is 2. The van der Waals surface area contributed by atoms with E-state index in [1.807, 2.05) is 54.6 Å². The van der Waals surface area contributed by atoms with Crippen molar-refractivity contribution in [3.05, 3.63) is 64.6 Å². The minimum atomic E-state index is -0.207. The standard InChI is InChI=1S/C24H27N3O2S/c28-23(25-13-16-27-14-5-1-2-6-15-27)19-11-9-18(10-12-19)17-22-24(29)26-20-7-3-4-8-21(20)30-22/h3-4,7-12,17,21H,1-2,5-6,13-16H2,(H,25,28)/b22-17+. The van der Waals surface area contributed by atoms with Crippen LogP contribution in [0.25, 0.3) is 6.08 Å². The van der Waals surface area contributed by atoms with Crippen molar-refractivity contribution in [2.24, 2.45) is 4.99 Å². The monoisotopic (exact) mass is 421 g/mol. The number of hydrogen-bond donors (Lipinski definition) is 1. The SMILES string of the molecule is O=C1N=C2C=CC=CC2S/C1=C/c1ccc(C(=O)NCCN2CCCCCC2)cc1. The van der Waals surface area contributed by atoms with Gasteiger partial charge in [0.1, 0.15) is 0 Å². The number of hydrogen-bond acceptors (Lipinski definition) is 4. The number of rotatable bonds is 5. The van der Waals surface area contributed by atoms with E-state index in [9.17, 15) is 9.59 Å². The van der Waals surface area contributed by atoms with Crippen molar-refractivity contribution in [3.8, 4) is 0 Å². The average molecular weight is 422 g/mol. The summed E-state index contributed by atoms with van der Waals surface area (Å²) in [5.41, 5.74) is 2.33. The average Bonchev–Trinajstić information content (AvgIpc) is 3.03. The summed E-state index contributed by atoms with van der Waals surface area (Å²) >= 11 is 1.51. The number of benzene rings is 1. The van der Waals surface area contributed by atoms with Crippen molar-refractivity contribution < 1.29 is 9.59 Å². The summed E-state index contributed by atoms with van der Waals surface area (Å²) in [5.74, 6) is -0.262. The van der Waals surface area contributed by atoms with Gasteiger partial charge in [-0.25, -0.2) is 4.99 Å². The van der Waals surface area contributed by atoms with Crippen molar-refractivity contribution in [1.82, 2.24) is 10.2 Å². The summed E-state index contributed by atoms with van der Waals surface area (Å²) < 4.78 is 0. The first-order chi connectivity index (χ1) is 14.7. The molecule has 2 amide bonds. The Labute approximate surface area is 182 Å². The van der Waals surface area contributed by atoms with Gasteiger partial charge in [-0.15, -0.1) is 11.8 Å². The molecule has 1 aliphatic carbocycles. The van der Waals surface area contributed by atoms with Crippen LogP contribution in [0.2, 0.25) is 0 Å². The second kappa shape index (κ2) is 10.0. The molecular weight excluding hydrogens is 394 g/mol. The highest BCUT2D eigenvalue weighted by molar-refractivity contribution is 8.05. The Morgan fingerprint density at radius 3 is 2.67 bits per heavy atom. The van der Waals surface area contributed by atoms with Gasteiger partial charge < -0.3 is 10.2 Å². The lowest BCUT2D eigenvalue weighted by Crippen LogP contribution is -2.35. The Balaban J connectivity index is 1.32. The van der Waals surface area contributed by atoms with Crippen LogP contribution >= 0.6 is 11.8 Å². The van der Waals surface area contributed by atoms with Crippen molar-refractivity contribution in [2.75, 3.05) is 26.2 Å². The summed E-state index contributed by atoms with van der Waals surface area (Å²) in [6, 6.07) is 7.37. The number of fused-ring (bicyclic) bond motifs is 1. The molecule has 1 fully saturated rings. The van der Waals surface area contributed by atoms with E-state index in [1.165, 1.54) is 37.4 Å². The Kier molecular flexibility index (Phi) is 6.97. The lowest BCUT2D eigenvalue weighted by atomic mass is 10.1. The van der Waals surface area contributed by atoms with Gasteiger partial charge in [-0.3, -0.25) is 9.59 Å². The Bertz CT molecular complexity index is 907. The molecule has 1 aromatic rings. The molecule has 1 saturated heterocycles. The molecule has 30 heavy (non-hydrogen) atoms. The molecule has 2 aliphatic heterocycles. The van der Waals surface area contributed by atoms with Crippen LogP contribution in [0.5, 0.6) is 0 Å². The van der Waals surface area contributed by atoms with Gasteiger partial charge in [-0.2, -0.15) is 0 Å². The van der Waals surface area contributed by atoms with Gasteiger partial charge in [0.15, 0.2) is 0 Å². The molecule has 4 rings (SSSR count). The zero-order chi connectivity index (χ0) is 20.8. The minimum Gasteiger partial charge on any atom is -0.351 e. The molecule has 3 aliphatic rings. The van der Waals surface area contributed by atoms with Crippen LogP contribution in [-0.2, 0) is 4.79 Å². The third-order valence-electron chi connectivity index (χ3n) is 5.53. The van der Waals surface area contributed by atoms with Gasteiger partial charge in [0.25, 0.3) is 11.8 Å². The molecule has 1 N–H and O–H groups in total. The first kappa shape index (κ1) is 20.8. The highest BCUT2D eigenvalue weighted by atomic mass is 32.2. The zero-order valence-corrected chi connectivity index (χ0v) is 17.9. The third-order valence-corrected chi connectivity index (χ3v) is 6.73. The van der Waals surface area contributed by atoms with Crippen LogP contribution in [0.4, 0.5) is 0 Å². The van der Waals surface area contributed by atoms with E-state index in [2.05, 4.69) is 15.2 Å². The normalized spacial score (nSPS) is 23.1. The second-order valence-electron chi connectivity index (χ2n) is 7.77. The van der Waals surface area contributed by atoms with Crippen LogP contribution in [0.3, 0.4) is 0 Å². The Morgan fingerprint density at radius 1 is 1.13 bits per heavy atom. The molecular formula is C24H27N3O2S. The van der Waals surface area contributed by atoms with Gasteiger partial charge in [0.05, 0.1) is 15.9 Å². The maximum Gasteiger partial charge on any atom is 0.283 e. The van der Waals surface area contributed by atoms with Crippen LogP contribution in [-0.4, -0.2) is 53.9 Å². The van der Waals surface area contributed by atoms with Crippen molar-refractivity contribution in [1.29, 1.82) is 0 Å². The minimum absolute atomic E-state index is 0.0551. The van der Waals surface area contributed by atoms with Crippen LogP contribution < -0.4 is 5.32 Å². The highest BCUT2D eigenvalue weighted by Gasteiger charge is 2.25. The van der Waals surface area contributed by atoms with Gasteiger partial charge in [-0.1, -0.05) is 43.2 Å². The van der Waals surface area contributed by atoms with Crippen molar-refractivity contribution in [2.45, 2.75) is 30.9 Å². The molecule has 1 aromatic carbocycles. The van der Waals surface area contributed by atoms with E-state index in [4.69, 9.17) is 0 Å². The lowest BCUT2D eigenvalue weighted by Gasteiger charge is -2.20. The number of nitrogens with one attached hydrogen (secondary N) is 1. The lowest BCUT2D eigenvalue weighted by molar-refractivity contribution is -0.113. The first-order valence-electron chi connectivity index (χ1n) is 10.7. The largest absolute Gasteiger partial charge is 0.351 e. The maximum absolute atomic E-state index is 12.4. The quantitative estimate of drug-likeness (QED) is 0.734. The number of allylic oxidation sites excluding steroid dienone is 3. The summed E-state index contributed by atoms with van der Waals surface area (Å²) in [4.78, 5) is 32.0. The molecule has 5 nitrogen and oxygen atoms in total. The third kappa shape index (κ3) is 5.37. The topological polar surface area (TPSA) is 61.8 Å². The fraction of sp³-hybridized carbons (Fsp3) is 0.375. The number of aliphatic imine (C=N–C) groups is 1. The van der Waals surface area contributed by atoms with Crippen LogP contribution in [0, 0.1) is 0 Å². The van der Waals surface area contributed by atoms with Crippen molar-refractivity contribution in [3.63, 3.8) is 0 Å². The second-order valence-corrected chi connectivity index (χ2v) is 8.95. The molecule has 0 spiro atoms. The van der Waals surface area contributed by atoms with Crippen molar-refractivity contribution >= 4 is 35.4 Å². The fourth-order valence-corrected chi connectivity index (χ4v) is 4.89. The Hall–Kier alpha value is -2.44. The summed E-state index contributed by atoms with van der Waals surface area (Å²) in [5, 5.41) is 3.11. The van der Waals surface area contributed by atoms with Crippen LogP contribution in [0.1, 0.15) is 41.6 Å². The molecule has 6 heteroatoms. The molecule has 1 unspecified atom stereocenters. The number of likely N-dealkylation sites (tertiary alicyclic amines) is 1. The summed E-state index contributed by atoms with van der Waals surface area (Å²) in [6.07, 6.45) is 14.8. The zero-order valence-electron chi connectivity index (χ0n) is 17.0. The number of carbonyl (C=O) groups excluding carboxylic acids is 2. The van der Waals surface area contributed by atoms with E-state index in [0.717, 1.165) is 30.9 Å². The maximum atomic E-state index is 12.4. The van der Waals surface area contributed by atoms with Crippen LogP contribution in [0.15, 0.2) is 58.5 Å². The van der Waals surface area contributed by atoms with Gasteiger partial charge in [0.2, 0.25) is 0 Å². The van der Waals surface area contributed by atoms with E-state index in [-0.39, 0.29) is 17.1 Å². The fourth-order valence-electron chi connectivity index (χ4n) is 3.84. The number of amides is 2. The molecule has 1 atom stereocenters. The first-order valence-corrected chi connectivity index (χ1v) is 11.5. The molecule has 0 saturated carbocycles. The van der Waals surface area contributed by atoms with Gasteiger partial charge in [-0.05, 0) is 55.8 Å². The number of carbonyl (C=O) groups is 2. The van der Waals surface area contributed by atoms with E-state index >= 15 is 0 Å². The molecule has 0 bridgehead atoms. The molecule has 0 radical (unpaired) electrons. The van der Waals surface area contributed by atoms with E-state index in [0.29, 0.717) is 17.0 Å². The molecule has 2 heterocycles. The van der Waals surface area contributed by atoms with Gasteiger partial charge in [0, 0.05) is 18.7 Å². The predicted octanol–water partition coefficient (Wildman–Crippen LogP) is 3.84.